The second-order valence-electron chi connectivity index (χ2n) is 4.70. The van der Waals surface area contributed by atoms with Crippen LogP contribution >= 0.6 is 0 Å². The minimum absolute atomic E-state index is 0.0541. The highest BCUT2D eigenvalue weighted by Crippen LogP contribution is 2.20. The van der Waals surface area contributed by atoms with E-state index in [-0.39, 0.29) is 18.4 Å². The molecule has 0 unspecified atom stereocenters. The molecule has 0 radical (unpaired) electrons. The predicted molar refractivity (Wildman–Crippen MR) is 67.2 cm³/mol. The van der Waals surface area contributed by atoms with Crippen LogP contribution in [-0.4, -0.2) is 49.7 Å². The van der Waals surface area contributed by atoms with Gasteiger partial charge in [-0.05, 0) is 18.2 Å². The lowest BCUT2D eigenvalue weighted by atomic mass is 10.00. The maximum Gasteiger partial charge on any atom is 0.253 e. The molecule has 1 amide bonds. The van der Waals surface area contributed by atoms with Gasteiger partial charge >= 0.3 is 0 Å². The Balaban J connectivity index is 2.07. The van der Waals surface area contributed by atoms with Crippen molar-refractivity contribution in [3.8, 4) is 0 Å². The van der Waals surface area contributed by atoms with Crippen LogP contribution in [0.5, 0.6) is 0 Å². The van der Waals surface area contributed by atoms with Crippen LogP contribution in [0.4, 0.5) is 5.69 Å². The molecule has 1 aliphatic rings. The summed E-state index contributed by atoms with van der Waals surface area (Å²) in [5.74, 6) is 0.314. The van der Waals surface area contributed by atoms with Gasteiger partial charge in [0.1, 0.15) is 0 Å². The van der Waals surface area contributed by atoms with E-state index < -0.39 is 0 Å². The van der Waals surface area contributed by atoms with E-state index in [1.54, 1.807) is 4.90 Å². The maximum atomic E-state index is 12.1. The standard InChI is InChI=1S/C13H18N2O2/c1-14(2)12-5-3-4-11(6-12)13(17)15-7-10(8-15)9-16/h3-6,10,16H,7-9H2,1-2H3. The maximum absolute atomic E-state index is 12.1. The first-order valence-corrected chi connectivity index (χ1v) is 5.79. The summed E-state index contributed by atoms with van der Waals surface area (Å²) in [7, 11) is 3.91. The van der Waals surface area contributed by atoms with E-state index in [4.69, 9.17) is 5.11 Å². The molecule has 0 saturated carbocycles. The van der Waals surface area contributed by atoms with Gasteiger partial charge in [0.05, 0.1) is 0 Å². The molecular formula is C13H18N2O2. The van der Waals surface area contributed by atoms with Gasteiger partial charge in [0, 0.05) is 51.0 Å². The summed E-state index contributed by atoms with van der Waals surface area (Å²) < 4.78 is 0. The summed E-state index contributed by atoms with van der Waals surface area (Å²) >= 11 is 0. The Kier molecular flexibility index (Phi) is 3.33. The van der Waals surface area contributed by atoms with Crippen molar-refractivity contribution in [3.05, 3.63) is 29.8 Å². The number of aliphatic hydroxyl groups excluding tert-OH is 1. The van der Waals surface area contributed by atoms with Gasteiger partial charge in [-0.25, -0.2) is 0 Å². The van der Waals surface area contributed by atoms with E-state index in [0.717, 1.165) is 5.69 Å². The van der Waals surface area contributed by atoms with Crippen LogP contribution in [0.1, 0.15) is 10.4 Å². The molecule has 1 saturated heterocycles. The topological polar surface area (TPSA) is 43.8 Å². The molecule has 1 aromatic carbocycles. The lowest BCUT2D eigenvalue weighted by Crippen LogP contribution is -2.51. The molecule has 0 spiro atoms. The van der Waals surface area contributed by atoms with Crippen molar-refractivity contribution >= 4 is 11.6 Å². The van der Waals surface area contributed by atoms with Crippen LogP contribution in [0.2, 0.25) is 0 Å². The second kappa shape index (κ2) is 4.75. The van der Waals surface area contributed by atoms with E-state index in [1.807, 2.05) is 43.3 Å². The van der Waals surface area contributed by atoms with Gasteiger partial charge < -0.3 is 14.9 Å². The van der Waals surface area contributed by atoms with Crippen LogP contribution in [0, 0.1) is 5.92 Å². The first kappa shape index (κ1) is 11.9. The molecule has 1 aromatic rings. The smallest absolute Gasteiger partial charge is 0.253 e. The van der Waals surface area contributed by atoms with Crippen molar-refractivity contribution in [1.82, 2.24) is 4.90 Å². The Morgan fingerprint density at radius 1 is 1.47 bits per heavy atom. The molecule has 0 aromatic heterocycles. The number of carbonyl (C=O) groups excluding carboxylic acids is 1. The molecule has 1 N–H and O–H groups in total. The average Bonchev–Trinajstić information content (AvgIpc) is 2.27. The molecular weight excluding hydrogens is 216 g/mol. The number of amides is 1. The molecule has 1 aliphatic heterocycles. The zero-order valence-electron chi connectivity index (χ0n) is 10.3. The number of carbonyl (C=O) groups is 1. The number of hydrogen-bond donors (Lipinski definition) is 1. The van der Waals surface area contributed by atoms with Gasteiger partial charge in [0.25, 0.3) is 5.91 Å². The van der Waals surface area contributed by atoms with Crippen molar-refractivity contribution < 1.29 is 9.90 Å². The largest absolute Gasteiger partial charge is 0.396 e. The molecule has 0 bridgehead atoms. The molecule has 1 fully saturated rings. The molecule has 0 aliphatic carbocycles. The predicted octanol–water partition coefficient (Wildman–Crippen LogP) is 0.817. The third-order valence-electron chi connectivity index (χ3n) is 3.11. The number of likely N-dealkylation sites (tertiary alicyclic amines) is 1. The van der Waals surface area contributed by atoms with Crippen LogP contribution < -0.4 is 4.90 Å². The lowest BCUT2D eigenvalue weighted by Gasteiger charge is -2.38. The Labute approximate surface area is 101 Å². The van der Waals surface area contributed by atoms with Crippen LogP contribution in [0.3, 0.4) is 0 Å². The number of aliphatic hydroxyl groups is 1. The molecule has 4 nitrogen and oxygen atoms in total. The fraction of sp³-hybridized carbons (Fsp3) is 0.462. The minimum atomic E-state index is 0.0541. The molecule has 4 heteroatoms. The van der Waals surface area contributed by atoms with Crippen molar-refractivity contribution in [1.29, 1.82) is 0 Å². The number of rotatable bonds is 3. The van der Waals surface area contributed by atoms with Crippen molar-refractivity contribution in [2.45, 2.75) is 0 Å². The molecule has 92 valence electrons. The Morgan fingerprint density at radius 2 is 2.18 bits per heavy atom. The summed E-state index contributed by atoms with van der Waals surface area (Å²) in [4.78, 5) is 15.8. The zero-order valence-corrected chi connectivity index (χ0v) is 10.3. The minimum Gasteiger partial charge on any atom is -0.396 e. The van der Waals surface area contributed by atoms with E-state index in [1.165, 1.54) is 0 Å². The lowest BCUT2D eigenvalue weighted by molar-refractivity contribution is 0.0362. The van der Waals surface area contributed by atoms with Gasteiger partial charge in [-0.1, -0.05) is 6.07 Å². The Hall–Kier alpha value is -1.55. The van der Waals surface area contributed by atoms with Crippen LogP contribution in [0.15, 0.2) is 24.3 Å². The monoisotopic (exact) mass is 234 g/mol. The Morgan fingerprint density at radius 3 is 2.76 bits per heavy atom. The Bertz CT molecular complexity index is 412. The summed E-state index contributed by atoms with van der Waals surface area (Å²) in [5.41, 5.74) is 1.74. The average molecular weight is 234 g/mol. The van der Waals surface area contributed by atoms with Crippen molar-refractivity contribution in [3.63, 3.8) is 0 Å². The van der Waals surface area contributed by atoms with Crippen LogP contribution in [-0.2, 0) is 0 Å². The molecule has 17 heavy (non-hydrogen) atoms. The summed E-state index contributed by atoms with van der Waals surface area (Å²) in [5, 5.41) is 8.93. The third-order valence-corrected chi connectivity index (χ3v) is 3.11. The fourth-order valence-corrected chi connectivity index (χ4v) is 1.95. The number of nitrogens with zero attached hydrogens (tertiary/aromatic N) is 2. The molecule has 0 atom stereocenters. The van der Waals surface area contributed by atoms with Crippen molar-refractivity contribution in [2.75, 3.05) is 38.7 Å². The number of benzene rings is 1. The third kappa shape index (κ3) is 2.42. The van der Waals surface area contributed by atoms with Gasteiger partial charge in [0.15, 0.2) is 0 Å². The van der Waals surface area contributed by atoms with Gasteiger partial charge in [-0.3, -0.25) is 4.79 Å². The SMILES string of the molecule is CN(C)c1cccc(C(=O)N2CC(CO)C2)c1. The quantitative estimate of drug-likeness (QED) is 0.842. The second-order valence-corrected chi connectivity index (χ2v) is 4.70. The number of hydrogen-bond acceptors (Lipinski definition) is 3. The van der Waals surface area contributed by atoms with Gasteiger partial charge in [-0.15, -0.1) is 0 Å². The van der Waals surface area contributed by atoms with E-state index in [0.29, 0.717) is 18.7 Å². The summed E-state index contributed by atoms with van der Waals surface area (Å²) in [6.45, 7) is 1.50. The highest BCUT2D eigenvalue weighted by Gasteiger charge is 2.30. The highest BCUT2D eigenvalue weighted by molar-refractivity contribution is 5.95. The first-order valence-electron chi connectivity index (χ1n) is 5.79. The van der Waals surface area contributed by atoms with E-state index >= 15 is 0 Å². The van der Waals surface area contributed by atoms with E-state index in [2.05, 4.69) is 0 Å². The van der Waals surface area contributed by atoms with E-state index in [9.17, 15) is 4.79 Å². The number of anilines is 1. The zero-order chi connectivity index (χ0) is 12.4. The normalized spacial score (nSPS) is 15.6. The molecule has 2 rings (SSSR count). The molecule has 1 heterocycles. The first-order chi connectivity index (χ1) is 8.11. The van der Waals surface area contributed by atoms with Gasteiger partial charge in [0.2, 0.25) is 0 Å². The highest BCUT2D eigenvalue weighted by atomic mass is 16.3. The van der Waals surface area contributed by atoms with Crippen LogP contribution in [0.25, 0.3) is 0 Å². The summed E-state index contributed by atoms with van der Waals surface area (Å²) in [6.07, 6.45) is 0. The summed E-state index contributed by atoms with van der Waals surface area (Å²) in [6, 6.07) is 7.60. The van der Waals surface area contributed by atoms with Crippen molar-refractivity contribution in [2.24, 2.45) is 5.92 Å². The van der Waals surface area contributed by atoms with Gasteiger partial charge in [-0.2, -0.15) is 0 Å². The fourth-order valence-electron chi connectivity index (χ4n) is 1.95.